The minimum Gasteiger partial charge on any atom is -0.291 e. The molecule has 9 heavy (non-hydrogen) atoms. The molecule has 0 aliphatic rings. The van der Waals surface area contributed by atoms with E-state index >= 15 is 0 Å². The van der Waals surface area contributed by atoms with Gasteiger partial charge >= 0.3 is 0 Å². The fourth-order valence-electron chi connectivity index (χ4n) is 0.392. The SMILES string of the molecule is CCC#CCC(C)[C]=O. The van der Waals surface area contributed by atoms with Crippen LogP contribution >= 0.6 is 0 Å². The number of hydrogen-bond donors (Lipinski definition) is 0. The highest BCUT2D eigenvalue weighted by Crippen LogP contribution is 1.93. The fraction of sp³-hybridized carbons (Fsp3) is 0.625. The Bertz CT molecular complexity index is 127. The van der Waals surface area contributed by atoms with Gasteiger partial charge in [-0.05, 0) is 0 Å². The smallest absolute Gasteiger partial charge is 0.202 e. The van der Waals surface area contributed by atoms with Crippen LogP contribution in [0.25, 0.3) is 0 Å². The van der Waals surface area contributed by atoms with E-state index in [-0.39, 0.29) is 5.92 Å². The third kappa shape index (κ3) is 5.10. The Kier molecular flexibility index (Phi) is 4.91. The van der Waals surface area contributed by atoms with Crippen molar-refractivity contribution in [2.45, 2.75) is 26.7 Å². The average molecular weight is 123 g/mol. The van der Waals surface area contributed by atoms with E-state index in [4.69, 9.17) is 0 Å². The summed E-state index contributed by atoms with van der Waals surface area (Å²) in [6.45, 7) is 3.81. The van der Waals surface area contributed by atoms with Crippen LogP contribution in [0.5, 0.6) is 0 Å². The summed E-state index contributed by atoms with van der Waals surface area (Å²) in [5.41, 5.74) is 0. The lowest BCUT2D eigenvalue weighted by molar-refractivity contribution is 0.531. The lowest BCUT2D eigenvalue weighted by Crippen LogP contribution is -1.91. The Morgan fingerprint density at radius 1 is 1.44 bits per heavy atom. The monoisotopic (exact) mass is 123 g/mol. The van der Waals surface area contributed by atoms with Gasteiger partial charge in [-0.3, -0.25) is 4.79 Å². The van der Waals surface area contributed by atoms with Gasteiger partial charge in [0.25, 0.3) is 0 Å². The molecular formula is C8H11O. The summed E-state index contributed by atoms with van der Waals surface area (Å²) in [7, 11) is 0. The van der Waals surface area contributed by atoms with E-state index in [1.165, 1.54) is 0 Å². The van der Waals surface area contributed by atoms with Gasteiger partial charge in [0.1, 0.15) is 0 Å². The molecule has 0 N–H and O–H groups in total. The minimum absolute atomic E-state index is 0.0240. The minimum atomic E-state index is -0.0240. The van der Waals surface area contributed by atoms with Crippen LogP contribution in [-0.2, 0) is 4.79 Å². The van der Waals surface area contributed by atoms with Crippen molar-refractivity contribution in [3.8, 4) is 11.8 Å². The Morgan fingerprint density at radius 2 is 2.11 bits per heavy atom. The average Bonchev–Trinajstić information content (AvgIpc) is 1.89. The van der Waals surface area contributed by atoms with Crippen LogP contribution in [0.3, 0.4) is 0 Å². The van der Waals surface area contributed by atoms with Crippen LogP contribution in [0, 0.1) is 17.8 Å². The summed E-state index contributed by atoms with van der Waals surface area (Å²) in [4.78, 5) is 9.91. The molecule has 0 aliphatic carbocycles. The lowest BCUT2D eigenvalue weighted by Gasteiger charge is -1.89. The maximum absolute atomic E-state index is 9.91. The van der Waals surface area contributed by atoms with Crippen LogP contribution in [0.4, 0.5) is 0 Å². The maximum atomic E-state index is 9.91. The predicted octanol–water partition coefficient (Wildman–Crippen LogP) is 1.54. The number of hydrogen-bond acceptors (Lipinski definition) is 1. The second-order valence-corrected chi connectivity index (χ2v) is 1.93. The molecule has 0 heterocycles. The van der Waals surface area contributed by atoms with Crippen LogP contribution in [0.15, 0.2) is 0 Å². The third-order valence-electron chi connectivity index (χ3n) is 0.911. The highest BCUT2D eigenvalue weighted by molar-refractivity contribution is 5.54. The van der Waals surface area contributed by atoms with Crippen LogP contribution in [-0.4, -0.2) is 6.29 Å². The molecule has 0 rings (SSSR count). The molecule has 0 aliphatic heterocycles. The first-order valence-electron chi connectivity index (χ1n) is 3.14. The zero-order valence-electron chi connectivity index (χ0n) is 5.90. The first-order valence-corrected chi connectivity index (χ1v) is 3.14. The standard InChI is InChI=1S/C8H11O/c1-3-4-5-6-8(2)7-9/h8H,3,6H2,1-2H3. The van der Waals surface area contributed by atoms with E-state index in [1.54, 1.807) is 0 Å². The second kappa shape index (κ2) is 5.37. The molecule has 0 aromatic rings. The van der Waals surface area contributed by atoms with Gasteiger partial charge in [-0.25, -0.2) is 0 Å². The molecule has 0 saturated heterocycles. The highest BCUT2D eigenvalue weighted by Gasteiger charge is 1.94. The Morgan fingerprint density at radius 3 is 2.56 bits per heavy atom. The molecular weight excluding hydrogens is 112 g/mol. The van der Waals surface area contributed by atoms with Gasteiger partial charge in [0, 0.05) is 18.8 Å². The molecule has 0 aromatic carbocycles. The van der Waals surface area contributed by atoms with Gasteiger partial charge in [0.2, 0.25) is 6.29 Å². The van der Waals surface area contributed by atoms with Crippen molar-refractivity contribution in [2.24, 2.45) is 5.92 Å². The van der Waals surface area contributed by atoms with Crippen molar-refractivity contribution in [3.63, 3.8) is 0 Å². The predicted molar refractivity (Wildman–Crippen MR) is 37.5 cm³/mol. The molecule has 1 unspecified atom stereocenters. The van der Waals surface area contributed by atoms with Crippen molar-refractivity contribution in [1.82, 2.24) is 0 Å². The van der Waals surface area contributed by atoms with Crippen molar-refractivity contribution < 1.29 is 4.79 Å². The topological polar surface area (TPSA) is 17.1 Å². The Balaban J connectivity index is 3.36. The largest absolute Gasteiger partial charge is 0.291 e. The fourth-order valence-corrected chi connectivity index (χ4v) is 0.392. The normalized spacial score (nSPS) is 11.3. The summed E-state index contributed by atoms with van der Waals surface area (Å²) in [6, 6.07) is 0. The molecule has 0 spiro atoms. The molecule has 0 aromatic heterocycles. The maximum Gasteiger partial charge on any atom is 0.202 e. The highest BCUT2D eigenvalue weighted by atomic mass is 16.1. The van der Waals surface area contributed by atoms with Crippen molar-refractivity contribution >= 4 is 6.29 Å². The quantitative estimate of drug-likeness (QED) is 0.509. The second-order valence-electron chi connectivity index (χ2n) is 1.93. The van der Waals surface area contributed by atoms with Gasteiger partial charge in [-0.1, -0.05) is 13.8 Å². The van der Waals surface area contributed by atoms with Gasteiger partial charge in [0.05, 0.1) is 0 Å². The molecule has 1 nitrogen and oxygen atoms in total. The van der Waals surface area contributed by atoms with E-state index in [9.17, 15) is 4.79 Å². The third-order valence-corrected chi connectivity index (χ3v) is 0.911. The summed E-state index contributed by atoms with van der Waals surface area (Å²) in [5.74, 6) is 5.73. The Labute approximate surface area is 56.5 Å². The number of carbonyl (C=O) groups excluding carboxylic acids is 1. The van der Waals surface area contributed by atoms with Gasteiger partial charge in [-0.2, -0.15) is 0 Å². The molecule has 0 saturated carbocycles. The van der Waals surface area contributed by atoms with Gasteiger partial charge in [-0.15, -0.1) is 11.8 Å². The molecule has 1 radical (unpaired) electrons. The first-order chi connectivity index (χ1) is 4.31. The first kappa shape index (κ1) is 8.23. The lowest BCUT2D eigenvalue weighted by atomic mass is 10.1. The molecule has 0 amide bonds. The summed E-state index contributed by atoms with van der Waals surface area (Å²) < 4.78 is 0. The zero-order chi connectivity index (χ0) is 7.11. The summed E-state index contributed by atoms with van der Waals surface area (Å²) in [5, 5.41) is 0. The van der Waals surface area contributed by atoms with Crippen LogP contribution in [0.2, 0.25) is 0 Å². The van der Waals surface area contributed by atoms with E-state index in [2.05, 4.69) is 11.8 Å². The summed E-state index contributed by atoms with van der Waals surface area (Å²) >= 11 is 0. The van der Waals surface area contributed by atoms with Crippen LogP contribution < -0.4 is 0 Å². The van der Waals surface area contributed by atoms with E-state index in [1.807, 2.05) is 20.1 Å². The van der Waals surface area contributed by atoms with Crippen molar-refractivity contribution in [2.75, 3.05) is 0 Å². The zero-order valence-corrected chi connectivity index (χ0v) is 5.90. The van der Waals surface area contributed by atoms with Crippen molar-refractivity contribution in [3.05, 3.63) is 0 Å². The summed E-state index contributed by atoms with van der Waals surface area (Å²) in [6.07, 6.45) is 3.39. The van der Waals surface area contributed by atoms with Gasteiger partial charge < -0.3 is 0 Å². The molecule has 1 atom stereocenters. The van der Waals surface area contributed by atoms with E-state index in [0.717, 1.165) is 6.42 Å². The Hall–Kier alpha value is -0.770. The molecule has 0 bridgehead atoms. The van der Waals surface area contributed by atoms with Crippen LogP contribution in [0.1, 0.15) is 26.7 Å². The molecule has 0 fully saturated rings. The molecule has 49 valence electrons. The van der Waals surface area contributed by atoms with E-state index in [0.29, 0.717) is 6.42 Å². The van der Waals surface area contributed by atoms with E-state index < -0.39 is 0 Å². The molecule has 1 heteroatoms. The van der Waals surface area contributed by atoms with Crippen molar-refractivity contribution in [1.29, 1.82) is 0 Å². The van der Waals surface area contributed by atoms with Gasteiger partial charge in [0.15, 0.2) is 0 Å². The number of rotatable bonds is 2.